The number of hydrogen-bond acceptors (Lipinski definition) is 4. The first-order valence-electron chi connectivity index (χ1n) is 6.72. The van der Waals surface area contributed by atoms with Gasteiger partial charge in [-0.3, -0.25) is 4.79 Å². The predicted octanol–water partition coefficient (Wildman–Crippen LogP) is 0.794. The molecule has 1 heterocycles. The fraction of sp³-hybridized carbons (Fsp3) is 0.400. The van der Waals surface area contributed by atoms with Gasteiger partial charge in [-0.1, -0.05) is 24.0 Å². The Morgan fingerprint density at radius 3 is 2.81 bits per heavy atom. The monoisotopic (exact) mass is 307 g/mol. The lowest BCUT2D eigenvalue weighted by molar-refractivity contribution is -0.119. The second kappa shape index (κ2) is 6.74. The minimum absolute atomic E-state index is 0.0124. The van der Waals surface area contributed by atoms with Crippen molar-refractivity contribution < 1.29 is 18.3 Å². The van der Waals surface area contributed by atoms with E-state index in [4.69, 9.17) is 5.11 Å². The Kier molecular flexibility index (Phi) is 4.99. The summed E-state index contributed by atoms with van der Waals surface area (Å²) in [7, 11) is -3.08. The molecular weight excluding hydrogens is 290 g/mol. The number of hydrogen-bond donors (Lipinski definition) is 2. The van der Waals surface area contributed by atoms with Gasteiger partial charge >= 0.3 is 0 Å². The Morgan fingerprint density at radius 2 is 2.14 bits per heavy atom. The average molecular weight is 307 g/mol. The van der Waals surface area contributed by atoms with Crippen LogP contribution >= 0.6 is 0 Å². The highest BCUT2D eigenvalue weighted by molar-refractivity contribution is 7.91. The quantitative estimate of drug-likeness (QED) is 0.809. The molecule has 0 aliphatic carbocycles. The van der Waals surface area contributed by atoms with Crippen molar-refractivity contribution in [1.29, 1.82) is 0 Å². The van der Waals surface area contributed by atoms with Crippen molar-refractivity contribution in [3.05, 3.63) is 29.8 Å². The SMILES string of the molecule is O=C(Nc1ccccc1C#CCCO)C1CCS(=O)(=O)C1. The molecule has 1 fully saturated rings. The fourth-order valence-corrected chi connectivity index (χ4v) is 3.89. The second-order valence-corrected chi connectivity index (χ2v) is 7.14. The van der Waals surface area contributed by atoms with Crippen LogP contribution in [0.2, 0.25) is 0 Å². The Balaban J connectivity index is 2.10. The first-order chi connectivity index (χ1) is 10.0. The molecule has 1 atom stereocenters. The number of aliphatic hydroxyl groups excluding tert-OH is 1. The van der Waals surface area contributed by atoms with E-state index in [1.165, 1.54) is 0 Å². The molecule has 0 bridgehead atoms. The molecule has 0 saturated carbocycles. The van der Waals surface area contributed by atoms with E-state index in [1.807, 2.05) is 0 Å². The molecule has 6 heteroatoms. The maximum atomic E-state index is 12.1. The van der Waals surface area contributed by atoms with Crippen LogP contribution in [0.1, 0.15) is 18.4 Å². The molecule has 0 aromatic heterocycles. The van der Waals surface area contributed by atoms with Gasteiger partial charge in [0.05, 0.1) is 29.7 Å². The topological polar surface area (TPSA) is 83.5 Å². The summed E-state index contributed by atoms with van der Waals surface area (Å²) in [5.41, 5.74) is 1.22. The van der Waals surface area contributed by atoms with Crippen LogP contribution in [-0.2, 0) is 14.6 Å². The highest BCUT2D eigenvalue weighted by Crippen LogP contribution is 2.21. The number of amides is 1. The van der Waals surface area contributed by atoms with Crippen molar-refractivity contribution in [2.75, 3.05) is 23.4 Å². The molecule has 0 radical (unpaired) electrons. The molecule has 1 unspecified atom stereocenters. The van der Waals surface area contributed by atoms with E-state index in [1.54, 1.807) is 24.3 Å². The van der Waals surface area contributed by atoms with Gasteiger partial charge in [0, 0.05) is 12.0 Å². The molecule has 1 saturated heterocycles. The summed E-state index contributed by atoms with van der Waals surface area (Å²) in [6.07, 6.45) is 0.732. The van der Waals surface area contributed by atoms with Crippen LogP contribution in [0.3, 0.4) is 0 Å². The Labute approximate surface area is 124 Å². The highest BCUT2D eigenvalue weighted by atomic mass is 32.2. The van der Waals surface area contributed by atoms with Crippen LogP contribution in [0.25, 0.3) is 0 Å². The predicted molar refractivity (Wildman–Crippen MR) is 80.4 cm³/mol. The largest absolute Gasteiger partial charge is 0.395 e. The van der Waals surface area contributed by atoms with Gasteiger partial charge < -0.3 is 10.4 Å². The number of nitrogens with one attached hydrogen (secondary N) is 1. The zero-order valence-electron chi connectivity index (χ0n) is 11.5. The smallest absolute Gasteiger partial charge is 0.228 e. The Hall–Kier alpha value is -1.84. The third kappa shape index (κ3) is 4.31. The molecule has 1 aliphatic heterocycles. The number of para-hydroxylation sites is 1. The minimum atomic E-state index is -3.08. The first kappa shape index (κ1) is 15.5. The van der Waals surface area contributed by atoms with Gasteiger partial charge in [-0.2, -0.15) is 0 Å². The first-order valence-corrected chi connectivity index (χ1v) is 8.54. The summed E-state index contributed by atoms with van der Waals surface area (Å²) in [5.74, 6) is 4.89. The number of aliphatic hydroxyl groups is 1. The molecule has 21 heavy (non-hydrogen) atoms. The van der Waals surface area contributed by atoms with Crippen molar-refractivity contribution in [3.63, 3.8) is 0 Å². The van der Waals surface area contributed by atoms with Gasteiger partial charge in [0.1, 0.15) is 0 Å². The van der Waals surface area contributed by atoms with Crippen molar-refractivity contribution in [1.82, 2.24) is 0 Å². The van der Waals surface area contributed by atoms with E-state index in [0.717, 1.165) is 0 Å². The third-order valence-electron chi connectivity index (χ3n) is 3.25. The number of sulfone groups is 1. The van der Waals surface area contributed by atoms with E-state index < -0.39 is 15.8 Å². The van der Waals surface area contributed by atoms with E-state index in [2.05, 4.69) is 17.2 Å². The normalized spacial score (nSPS) is 19.6. The summed E-state index contributed by atoms with van der Waals surface area (Å²) in [6.45, 7) is -0.0124. The molecule has 1 aromatic carbocycles. The van der Waals surface area contributed by atoms with Crippen molar-refractivity contribution in [2.24, 2.45) is 5.92 Å². The van der Waals surface area contributed by atoms with Crippen molar-refractivity contribution >= 4 is 21.4 Å². The summed E-state index contributed by atoms with van der Waals surface area (Å²) < 4.78 is 22.8. The lowest BCUT2D eigenvalue weighted by Gasteiger charge is -2.10. The maximum Gasteiger partial charge on any atom is 0.228 e. The van der Waals surface area contributed by atoms with Crippen molar-refractivity contribution in [3.8, 4) is 11.8 Å². The number of rotatable bonds is 3. The number of benzene rings is 1. The summed E-state index contributed by atoms with van der Waals surface area (Å²) in [5, 5.41) is 11.5. The molecule has 1 amide bonds. The van der Waals surface area contributed by atoms with Gasteiger partial charge in [0.2, 0.25) is 5.91 Å². The lowest BCUT2D eigenvalue weighted by atomic mass is 10.1. The van der Waals surface area contributed by atoms with E-state index in [0.29, 0.717) is 24.1 Å². The van der Waals surface area contributed by atoms with Gasteiger partial charge in [-0.05, 0) is 18.6 Å². The van der Waals surface area contributed by atoms with Crippen LogP contribution < -0.4 is 5.32 Å². The average Bonchev–Trinajstić information content (AvgIpc) is 2.81. The lowest BCUT2D eigenvalue weighted by Crippen LogP contribution is -2.24. The van der Waals surface area contributed by atoms with Gasteiger partial charge in [0.25, 0.3) is 0 Å². The molecule has 2 rings (SSSR count). The zero-order valence-corrected chi connectivity index (χ0v) is 12.3. The van der Waals surface area contributed by atoms with Gasteiger partial charge in [0.15, 0.2) is 9.84 Å². The van der Waals surface area contributed by atoms with Crippen LogP contribution in [0.5, 0.6) is 0 Å². The zero-order chi connectivity index (χ0) is 15.3. The van der Waals surface area contributed by atoms with E-state index in [9.17, 15) is 13.2 Å². The number of carbonyl (C=O) groups is 1. The van der Waals surface area contributed by atoms with Crippen LogP contribution in [0, 0.1) is 17.8 Å². The third-order valence-corrected chi connectivity index (χ3v) is 5.02. The molecular formula is C15H17NO4S. The second-order valence-electron chi connectivity index (χ2n) is 4.91. The highest BCUT2D eigenvalue weighted by Gasteiger charge is 2.33. The molecule has 1 aliphatic rings. The van der Waals surface area contributed by atoms with Gasteiger partial charge in [-0.25, -0.2) is 8.42 Å². The van der Waals surface area contributed by atoms with E-state index >= 15 is 0 Å². The summed E-state index contributed by atoms with van der Waals surface area (Å²) in [6, 6.07) is 7.08. The van der Waals surface area contributed by atoms with E-state index in [-0.39, 0.29) is 24.0 Å². The summed E-state index contributed by atoms with van der Waals surface area (Å²) >= 11 is 0. The molecule has 5 nitrogen and oxygen atoms in total. The summed E-state index contributed by atoms with van der Waals surface area (Å²) in [4.78, 5) is 12.1. The number of anilines is 1. The number of carbonyl (C=O) groups excluding carboxylic acids is 1. The Morgan fingerprint density at radius 1 is 1.38 bits per heavy atom. The standard InChI is InChI=1S/C15H17NO4S/c17-9-4-3-6-12-5-1-2-7-14(12)16-15(18)13-8-10-21(19,20)11-13/h1-2,5,7,13,17H,4,8-11H2,(H,16,18). The molecule has 2 N–H and O–H groups in total. The Bertz CT molecular complexity index is 685. The molecule has 1 aromatic rings. The van der Waals surface area contributed by atoms with Crippen LogP contribution in [0.4, 0.5) is 5.69 Å². The van der Waals surface area contributed by atoms with Crippen molar-refractivity contribution in [2.45, 2.75) is 12.8 Å². The van der Waals surface area contributed by atoms with Crippen LogP contribution in [-0.4, -0.2) is 37.5 Å². The molecule has 112 valence electrons. The van der Waals surface area contributed by atoms with Crippen LogP contribution in [0.15, 0.2) is 24.3 Å². The van der Waals surface area contributed by atoms with Gasteiger partial charge in [-0.15, -0.1) is 0 Å². The minimum Gasteiger partial charge on any atom is -0.395 e. The molecule has 0 spiro atoms. The maximum absolute atomic E-state index is 12.1. The fourth-order valence-electron chi connectivity index (χ4n) is 2.15.